The van der Waals surface area contributed by atoms with Gasteiger partial charge in [0, 0.05) is 31.6 Å². The second kappa shape index (κ2) is 10.1. The van der Waals surface area contributed by atoms with E-state index in [1.54, 1.807) is 11.7 Å². The number of hydrogen-bond acceptors (Lipinski definition) is 5. The molecule has 0 saturated carbocycles. The molecule has 0 aliphatic heterocycles. The van der Waals surface area contributed by atoms with Gasteiger partial charge in [0.1, 0.15) is 11.0 Å². The van der Waals surface area contributed by atoms with Gasteiger partial charge in [-0.1, -0.05) is 59.8 Å². The molecule has 1 amide bonds. The summed E-state index contributed by atoms with van der Waals surface area (Å²) < 4.78 is 8.61. The number of ether oxygens (including phenoxy) is 1. The van der Waals surface area contributed by atoms with Crippen LogP contribution in [-0.4, -0.2) is 39.5 Å². The van der Waals surface area contributed by atoms with Crippen LogP contribution >= 0.6 is 11.8 Å². The van der Waals surface area contributed by atoms with Crippen LogP contribution in [0.5, 0.6) is 0 Å². The van der Waals surface area contributed by atoms with Crippen LogP contribution in [0.2, 0.25) is 0 Å². The highest BCUT2D eigenvalue weighted by atomic mass is 32.2. The van der Waals surface area contributed by atoms with Crippen molar-refractivity contribution in [1.29, 1.82) is 0 Å². The number of anilines is 1. The number of nitrogens with one attached hydrogen (secondary N) is 1. The summed E-state index contributed by atoms with van der Waals surface area (Å²) in [5, 5.41) is 3.38. The molecule has 1 N–H and O–H groups in total. The van der Waals surface area contributed by atoms with E-state index in [0.717, 1.165) is 22.4 Å². The number of carbonyl (C=O) groups is 1. The highest BCUT2D eigenvalue weighted by molar-refractivity contribution is 7.99. The molecule has 4 aromatic rings. The van der Waals surface area contributed by atoms with Crippen molar-refractivity contribution in [3.8, 4) is 11.1 Å². The van der Waals surface area contributed by atoms with Gasteiger partial charge in [-0.25, -0.2) is 4.98 Å². The molecule has 0 saturated heterocycles. The molecule has 0 fully saturated rings. The quantitative estimate of drug-likeness (QED) is 0.315. The number of amides is 1. The van der Waals surface area contributed by atoms with Crippen LogP contribution in [0.3, 0.4) is 0 Å². The number of rotatable bonds is 8. The van der Waals surface area contributed by atoms with E-state index >= 15 is 0 Å². The number of thioether (sulfide) groups is 1. The molecule has 0 unspecified atom stereocenters. The number of methoxy groups -OCH3 is 1. The van der Waals surface area contributed by atoms with Crippen LogP contribution in [0, 0.1) is 6.92 Å². The molecule has 170 valence electrons. The second-order valence-electron chi connectivity index (χ2n) is 7.76. The molecule has 0 atom stereocenters. The first-order valence-corrected chi connectivity index (χ1v) is 11.6. The Morgan fingerprint density at radius 3 is 2.55 bits per heavy atom. The van der Waals surface area contributed by atoms with Gasteiger partial charge in [-0.2, -0.15) is 0 Å². The molecule has 0 radical (unpaired) electrons. The summed E-state index contributed by atoms with van der Waals surface area (Å²) in [7, 11) is 3.44. The number of nitrogens with zero attached hydrogens (tertiary/aromatic N) is 3. The van der Waals surface area contributed by atoms with E-state index in [1.807, 2.05) is 79.3 Å². The van der Waals surface area contributed by atoms with E-state index < -0.39 is 0 Å². The van der Waals surface area contributed by atoms with Gasteiger partial charge in [-0.15, -0.1) is 0 Å². The summed E-state index contributed by atoms with van der Waals surface area (Å²) in [4.78, 5) is 30.8. The maximum atomic E-state index is 13.4. The average molecular weight is 463 g/mol. The van der Waals surface area contributed by atoms with Crippen molar-refractivity contribution in [2.75, 3.05) is 24.8 Å². The predicted molar refractivity (Wildman–Crippen MR) is 133 cm³/mol. The summed E-state index contributed by atoms with van der Waals surface area (Å²) in [6, 6.07) is 17.5. The molecule has 4 rings (SSSR count). The molecule has 33 heavy (non-hydrogen) atoms. The summed E-state index contributed by atoms with van der Waals surface area (Å²) >= 11 is 1.25. The first kappa shape index (κ1) is 22.8. The minimum Gasteiger partial charge on any atom is -0.383 e. The molecule has 2 aromatic carbocycles. The first-order valence-electron chi connectivity index (χ1n) is 10.6. The maximum Gasteiger partial charge on any atom is 0.278 e. The van der Waals surface area contributed by atoms with E-state index in [1.165, 1.54) is 11.8 Å². The van der Waals surface area contributed by atoms with Crippen LogP contribution in [0.15, 0.2) is 70.7 Å². The van der Waals surface area contributed by atoms with Gasteiger partial charge in [0.2, 0.25) is 5.91 Å². The Balaban J connectivity index is 1.68. The lowest BCUT2D eigenvalue weighted by Gasteiger charge is -2.13. The minimum absolute atomic E-state index is 0.131. The van der Waals surface area contributed by atoms with Crippen molar-refractivity contribution in [3.05, 3.63) is 76.7 Å². The van der Waals surface area contributed by atoms with Crippen LogP contribution in [0.25, 0.3) is 22.2 Å². The van der Waals surface area contributed by atoms with E-state index in [4.69, 9.17) is 9.72 Å². The summed E-state index contributed by atoms with van der Waals surface area (Å²) in [6.07, 6.45) is 1.92. The van der Waals surface area contributed by atoms with Crippen LogP contribution in [-0.2, 0) is 23.1 Å². The Labute approximate surface area is 196 Å². The van der Waals surface area contributed by atoms with Crippen molar-refractivity contribution < 1.29 is 9.53 Å². The van der Waals surface area contributed by atoms with E-state index in [-0.39, 0.29) is 17.2 Å². The molecule has 0 spiro atoms. The molecule has 0 aliphatic carbocycles. The lowest BCUT2D eigenvalue weighted by molar-refractivity contribution is -0.113. The van der Waals surface area contributed by atoms with E-state index in [2.05, 4.69) is 5.32 Å². The van der Waals surface area contributed by atoms with Crippen molar-refractivity contribution in [2.45, 2.75) is 18.6 Å². The smallest absolute Gasteiger partial charge is 0.278 e. The monoisotopic (exact) mass is 462 g/mol. The molecule has 0 bridgehead atoms. The summed E-state index contributed by atoms with van der Waals surface area (Å²) in [5.74, 6) is -0.0282. The van der Waals surface area contributed by atoms with Gasteiger partial charge in [0.05, 0.1) is 18.9 Å². The molecule has 8 heteroatoms. The number of hydrogen-bond donors (Lipinski definition) is 1. The van der Waals surface area contributed by atoms with Gasteiger partial charge >= 0.3 is 0 Å². The van der Waals surface area contributed by atoms with Crippen molar-refractivity contribution in [3.63, 3.8) is 0 Å². The average Bonchev–Trinajstić information content (AvgIpc) is 3.15. The third-order valence-electron chi connectivity index (χ3n) is 5.31. The lowest BCUT2D eigenvalue weighted by atomic mass is 10.1. The Morgan fingerprint density at radius 2 is 1.85 bits per heavy atom. The normalized spacial score (nSPS) is 11.1. The standard InChI is InChI=1S/C25H26N4O3S/c1-17-9-11-19(12-10-17)26-21(30)16-33-25-27-22-20(18-7-5-4-6-8-18)15-28(2)23(22)24(31)29(25)13-14-32-3/h4-12,15H,13-14,16H2,1-3H3,(H,26,30). The first-order chi connectivity index (χ1) is 16.0. The van der Waals surface area contributed by atoms with Gasteiger partial charge in [-0.05, 0) is 24.6 Å². The molecule has 0 aliphatic rings. The van der Waals surface area contributed by atoms with Crippen molar-refractivity contribution in [1.82, 2.24) is 14.1 Å². The van der Waals surface area contributed by atoms with E-state index in [9.17, 15) is 9.59 Å². The third kappa shape index (κ3) is 5.02. The highest BCUT2D eigenvalue weighted by Gasteiger charge is 2.19. The second-order valence-corrected chi connectivity index (χ2v) is 8.71. The molecular formula is C25H26N4O3S. The summed E-state index contributed by atoms with van der Waals surface area (Å²) in [6.45, 7) is 2.72. The van der Waals surface area contributed by atoms with Gasteiger partial charge in [0.25, 0.3) is 5.56 Å². The fourth-order valence-corrected chi connectivity index (χ4v) is 4.45. The highest BCUT2D eigenvalue weighted by Crippen LogP contribution is 2.29. The van der Waals surface area contributed by atoms with E-state index in [0.29, 0.717) is 29.3 Å². The van der Waals surface area contributed by atoms with Gasteiger partial charge in [-0.3, -0.25) is 14.2 Å². The van der Waals surface area contributed by atoms with Crippen LogP contribution in [0.4, 0.5) is 5.69 Å². The maximum absolute atomic E-state index is 13.4. The van der Waals surface area contributed by atoms with Crippen molar-refractivity contribution in [2.24, 2.45) is 7.05 Å². The largest absolute Gasteiger partial charge is 0.383 e. The molecule has 7 nitrogen and oxygen atoms in total. The van der Waals surface area contributed by atoms with Crippen LogP contribution in [0.1, 0.15) is 5.56 Å². The Hall–Kier alpha value is -3.36. The molecule has 2 heterocycles. The van der Waals surface area contributed by atoms with Gasteiger partial charge in [0.15, 0.2) is 5.16 Å². The summed E-state index contributed by atoms with van der Waals surface area (Å²) in [5.41, 5.74) is 4.73. The Bertz CT molecular complexity index is 1330. The Kier molecular flexibility index (Phi) is 6.96. The zero-order valence-electron chi connectivity index (χ0n) is 18.9. The number of aromatic nitrogens is 3. The number of carbonyl (C=O) groups excluding carboxylic acids is 1. The lowest BCUT2D eigenvalue weighted by Crippen LogP contribution is -2.27. The minimum atomic E-state index is -0.159. The predicted octanol–water partition coefficient (Wildman–Crippen LogP) is 4.09. The zero-order valence-corrected chi connectivity index (χ0v) is 19.7. The van der Waals surface area contributed by atoms with Crippen LogP contribution < -0.4 is 10.9 Å². The van der Waals surface area contributed by atoms with Gasteiger partial charge < -0.3 is 14.6 Å². The number of fused-ring (bicyclic) bond motifs is 1. The molecule has 2 aromatic heterocycles. The SMILES string of the molecule is COCCn1c(SCC(=O)Nc2ccc(C)cc2)nc2c(-c3ccccc3)cn(C)c2c1=O. The van der Waals surface area contributed by atoms with Crippen molar-refractivity contribution >= 4 is 34.4 Å². The zero-order chi connectivity index (χ0) is 23.4. The number of aryl methyl sites for hydroxylation is 2. The number of benzene rings is 2. The molecular weight excluding hydrogens is 436 g/mol. The topological polar surface area (TPSA) is 78.2 Å². The fourth-order valence-electron chi connectivity index (χ4n) is 3.63. The third-order valence-corrected chi connectivity index (χ3v) is 6.29. The Morgan fingerprint density at radius 1 is 1.12 bits per heavy atom. The fraction of sp³-hybridized carbons (Fsp3) is 0.240.